The summed E-state index contributed by atoms with van der Waals surface area (Å²) in [6.07, 6.45) is 7.82. The number of nitrogens with one attached hydrogen (secondary N) is 2. The highest BCUT2D eigenvalue weighted by molar-refractivity contribution is 7.17. The highest BCUT2D eigenvalue weighted by Crippen LogP contribution is 2.38. The molecule has 1 amide bonds. The predicted molar refractivity (Wildman–Crippen MR) is 131 cm³/mol. The Bertz CT molecular complexity index is 948. The number of carbonyl (C=O) groups excluding carboxylic acids is 2. The SMILES string of the molecule is CCOC(=O)c1c(NC(=O)[C@H](C)Nc2ccc(N3CCCCC3)cc2)sc2c1CCCC2. The summed E-state index contributed by atoms with van der Waals surface area (Å²) in [6.45, 7) is 6.18. The number of amides is 1. The minimum absolute atomic E-state index is 0.158. The Labute approximate surface area is 194 Å². The van der Waals surface area contributed by atoms with Crippen LogP contribution in [0.1, 0.15) is 66.8 Å². The summed E-state index contributed by atoms with van der Waals surface area (Å²) in [7, 11) is 0. The van der Waals surface area contributed by atoms with E-state index < -0.39 is 6.04 Å². The maximum absolute atomic E-state index is 12.9. The van der Waals surface area contributed by atoms with Crippen molar-refractivity contribution in [3.05, 3.63) is 40.3 Å². The number of anilines is 3. The Balaban J connectivity index is 1.42. The van der Waals surface area contributed by atoms with Crippen LogP contribution >= 0.6 is 11.3 Å². The number of hydrogen-bond acceptors (Lipinski definition) is 6. The van der Waals surface area contributed by atoms with E-state index in [9.17, 15) is 9.59 Å². The molecule has 1 aromatic heterocycles. The molecule has 1 aliphatic carbocycles. The van der Waals surface area contributed by atoms with Crippen LogP contribution in [0.5, 0.6) is 0 Å². The lowest BCUT2D eigenvalue weighted by Crippen LogP contribution is -2.32. The molecular formula is C25H33N3O3S. The summed E-state index contributed by atoms with van der Waals surface area (Å²) in [4.78, 5) is 29.2. The van der Waals surface area contributed by atoms with E-state index in [0.717, 1.165) is 50.0 Å². The zero-order valence-corrected chi connectivity index (χ0v) is 19.9. The van der Waals surface area contributed by atoms with Crippen molar-refractivity contribution in [3.63, 3.8) is 0 Å². The molecule has 1 fully saturated rings. The van der Waals surface area contributed by atoms with Gasteiger partial charge in [0.1, 0.15) is 11.0 Å². The van der Waals surface area contributed by atoms with E-state index in [1.165, 1.54) is 41.2 Å². The first-order valence-corrected chi connectivity index (χ1v) is 12.6. The molecule has 1 aromatic carbocycles. The molecule has 0 saturated carbocycles. The summed E-state index contributed by atoms with van der Waals surface area (Å²) in [5.74, 6) is -0.495. The topological polar surface area (TPSA) is 70.7 Å². The lowest BCUT2D eigenvalue weighted by molar-refractivity contribution is -0.116. The standard InChI is InChI=1S/C25H33N3O3S/c1-3-31-25(30)22-20-9-5-6-10-21(20)32-24(22)27-23(29)17(2)26-18-11-13-19(14-12-18)28-15-7-4-8-16-28/h11-14,17,26H,3-10,15-16H2,1-2H3,(H,27,29)/t17-/m0/s1. The second-order valence-electron chi connectivity index (χ2n) is 8.59. The quantitative estimate of drug-likeness (QED) is 0.559. The van der Waals surface area contributed by atoms with Gasteiger partial charge in [0.25, 0.3) is 0 Å². The number of benzene rings is 1. The van der Waals surface area contributed by atoms with E-state index in [4.69, 9.17) is 4.74 Å². The van der Waals surface area contributed by atoms with E-state index in [2.05, 4.69) is 27.7 Å². The lowest BCUT2D eigenvalue weighted by Gasteiger charge is -2.29. The van der Waals surface area contributed by atoms with Gasteiger partial charge in [-0.15, -0.1) is 11.3 Å². The van der Waals surface area contributed by atoms with Crippen molar-refractivity contribution in [1.29, 1.82) is 0 Å². The molecule has 0 unspecified atom stereocenters. The average Bonchev–Trinajstić information content (AvgIpc) is 3.18. The van der Waals surface area contributed by atoms with Crippen molar-refractivity contribution in [2.24, 2.45) is 0 Å². The van der Waals surface area contributed by atoms with Crippen LogP contribution in [0.3, 0.4) is 0 Å². The van der Waals surface area contributed by atoms with Gasteiger partial charge in [-0.1, -0.05) is 0 Å². The number of piperidine rings is 1. The minimum Gasteiger partial charge on any atom is -0.462 e. The average molecular weight is 456 g/mol. The number of rotatable bonds is 7. The van der Waals surface area contributed by atoms with Crippen molar-refractivity contribution in [1.82, 2.24) is 0 Å². The van der Waals surface area contributed by atoms with Gasteiger partial charge in [0.15, 0.2) is 0 Å². The third-order valence-corrected chi connectivity index (χ3v) is 7.46. The summed E-state index contributed by atoms with van der Waals surface area (Å²) < 4.78 is 5.29. The van der Waals surface area contributed by atoms with E-state index in [1.807, 2.05) is 19.1 Å². The Morgan fingerprint density at radius 2 is 1.78 bits per heavy atom. The van der Waals surface area contributed by atoms with Crippen LogP contribution in [0.4, 0.5) is 16.4 Å². The monoisotopic (exact) mass is 455 g/mol. The maximum atomic E-state index is 12.9. The normalized spacial score (nSPS) is 16.8. The molecule has 2 heterocycles. The van der Waals surface area contributed by atoms with Crippen LogP contribution in [0, 0.1) is 0 Å². The molecule has 0 spiro atoms. The van der Waals surface area contributed by atoms with E-state index >= 15 is 0 Å². The number of ether oxygens (including phenoxy) is 1. The molecule has 1 saturated heterocycles. The third kappa shape index (κ3) is 5.09. The largest absolute Gasteiger partial charge is 0.462 e. The number of hydrogen-bond donors (Lipinski definition) is 2. The second kappa shape index (κ2) is 10.4. The summed E-state index contributed by atoms with van der Waals surface area (Å²) in [6, 6.07) is 7.85. The molecular weight excluding hydrogens is 422 g/mol. The molecule has 1 atom stereocenters. The lowest BCUT2D eigenvalue weighted by atomic mass is 9.95. The molecule has 4 rings (SSSR count). The van der Waals surface area contributed by atoms with Crippen LogP contribution in [-0.4, -0.2) is 37.6 Å². The van der Waals surface area contributed by atoms with Gasteiger partial charge < -0.3 is 20.3 Å². The molecule has 2 aromatic rings. The number of carbonyl (C=O) groups is 2. The smallest absolute Gasteiger partial charge is 0.341 e. The third-order valence-electron chi connectivity index (χ3n) is 6.25. The van der Waals surface area contributed by atoms with Crippen molar-refractivity contribution in [3.8, 4) is 0 Å². The van der Waals surface area contributed by atoms with Crippen molar-refractivity contribution >= 4 is 39.6 Å². The number of aryl methyl sites for hydroxylation is 1. The van der Waals surface area contributed by atoms with Crippen LogP contribution in [0.15, 0.2) is 24.3 Å². The molecule has 1 aliphatic heterocycles. The fourth-order valence-corrected chi connectivity index (χ4v) is 5.81. The van der Waals surface area contributed by atoms with Crippen molar-refractivity contribution in [2.45, 2.75) is 64.8 Å². The van der Waals surface area contributed by atoms with Gasteiger partial charge in [-0.3, -0.25) is 4.79 Å². The van der Waals surface area contributed by atoms with Gasteiger partial charge in [-0.2, -0.15) is 0 Å². The van der Waals surface area contributed by atoms with E-state index in [1.54, 1.807) is 6.92 Å². The van der Waals surface area contributed by atoms with E-state index in [-0.39, 0.29) is 11.9 Å². The second-order valence-corrected chi connectivity index (χ2v) is 9.69. The number of thiophene rings is 1. The van der Waals surface area contributed by atoms with Crippen molar-refractivity contribution < 1.29 is 14.3 Å². The Hall–Kier alpha value is -2.54. The predicted octanol–water partition coefficient (Wildman–Crippen LogP) is 5.23. The van der Waals surface area contributed by atoms with Crippen LogP contribution in [-0.2, 0) is 22.4 Å². The first-order valence-electron chi connectivity index (χ1n) is 11.8. The van der Waals surface area contributed by atoms with Gasteiger partial charge >= 0.3 is 5.97 Å². The zero-order chi connectivity index (χ0) is 22.5. The number of esters is 1. The number of nitrogens with zero attached hydrogens (tertiary/aromatic N) is 1. The molecule has 32 heavy (non-hydrogen) atoms. The van der Waals surface area contributed by atoms with Gasteiger partial charge in [0.2, 0.25) is 5.91 Å². The summed E-state index contributed by atoms with van der Waals surface area (Å²) in [5, 5.41) is 6.90. The molecule has 7 heteroatoms. The van der Waals surface area contributed by atoms with Crippen LogP contribution < -0.4 is 15.5 Å². The van der Waals surface area contributed by atoms with Crippen molar-refractivity contribution in [2.75, 3.05) is 35.2 Å². The molecule has 6 nitrogen and oxygen atoms in total. The Morgan fingerprint density at radius 1 is 1.06 bits per heavy atom. The van der Waals surface area contributed by atoms with Gasteiger partial charge in [-0.05, 0) is 88.6 Å². The highest BCUT2D eigenvalue weighted by Gasteiger charge is 2.28. The Kier molecular flexibility index (Phi) is 7.35. The van der Waals surface area contributed by atoms with E-state index in [0.29, 0.717) is 17.2 Å². The zero-order valence-electron chi connectivity index (χ0n) is 19.0. The van der Waals surface area contributed by atoms with Crippen LogP contribution in [0.2, 0.25) is 0 Å². The fourth-order valence-electron chi connectivity index (χ4n) is 4.53. The van der Waals surface area contributed by atoms with Gasteiger partial charge in [0.05, 0.1) is 12.2 Å². The molecule has 172 valence electrons. The first kappa shape index (κ1) is 22.6. The minimum atomic E-state index is -0.440. The van der Waals surface area contributed by atoms with Gasteiger partial charge in [-0.25, -0.2) is 4.79 Å². The number of fused-ring (bicyclic) bond motifs is 1. The summed E-state index contributed by atoms with van der Waals surface area (Å²) >= 11 is 1.52. The molecule has 0 radical (unpaired) electrons. The summed E-state index contributed by atoms with van der Waals surface area (Å²) in [5.41, 5.74) is 3.75. The first-order chi connectivity index (χ1) is 15.6. The molecule has 2 aliphatic rings. The maximum Gasteiger partial charge on any atom is 0.341 e. The molecule has 2 N–H and O–H groups in total. The Morgan fingerprint density at radius 3 is 2.50 bits per heavy atom. The molecule has 0 bridgehead atoms. The van der Waals surface area contributed by atoms with Gasteiger partial charge in [0, 0.05) is 29.3 Å². The van der Waals surface area contributed by atoms with Crippen LogP contribution in [0.25, 0.3) is 0 Å². The highest BCUT2D eigenvalue weighted by atomic mass is 32.1. The fraction of sp³-hybridized carbons (Fsp3) is 0.520.